The second kappa shape index (κ2) is 93.2. The van der Waals surface area contributed by atoms with Crippen LogP contribution in [0.1, 0.15) is 134 Å². The predicted octanol–water partition coefficient (Wildman–Crippen LogP) is 10.8. The Labute approximate surface area is 531 Å². The Bertz CT molecular complexity index is 925. The summed E-state index contributed by atoms with van der Waals surface area (Å²) in [5.74, 6) is 0.208. The molecule has 1 amide bonds. The van der Waals surface area contributed by atoms with Crippen LogP contribution in [0.5, 0.6) is 0 Å². The number of halogens is 3. The van der Waals surface area contributed by atoms with E-state index in [1.54, 1.807) is 11.8 Å². The van der Waals surface area contributed by atoms with Gasteiger partial charge in [-0.2, -0.15) is 0 Å². The van der Waals surface area contributed by atoms with Crippen LogP contribution in [0.25, 0.3) is 0 Å². The third-order valence-electron chi connectivity index (χ3n) is 6.62. The van der Waals surface area contributed by atoms with E-state index in [1.807, 2.05) is 30.7 Å². The zero-order valence-electron chi connectivity index (χ0n) is 41.0. The fourth-order valence-corrected chi connectivity index (χ4v) is 3.27. The van der Waals surface area contributed by atoms with Crippen LogP contribution >= 0.6 is 56.0 Å². The van der Waals surface area contributed by atoms with Crippen molar-refractivity contribution < 1.29 is 158 Å². The van der Waals surface area contributed by atoms with Gasteiger partial charge in [-0.15, -0.1) is 44.3 Å². The number of nitrogens with zero attached hydrogens (tertiary/aromatic N) is 3. The zero-order valence-corrected chi connectivity index (χ0v) is 61.2. The number of ketones is 1. The molecule has 0 fully saturated rings. The van der Waals surface area contributed by atoms with Crippen molar-refractivity contribution in [1.82, 2.24) is 19.6 Å². The second-order valence-corrected chi connectivity index (χ2v) is 29.7. The number of allylic oxidation sites excluding steroid dienone is 5. The Hall–Kier alpha value is 5.12. The van der Waals surface area contributed by atoms with Crippen LogP contribution in [-0.4, -0.2) is 82.6 Å². The maximum atomic E-state index is 11.1. The van der Waals surface area contributed by atoms with Gasteiger partial charge in [0, 0.05) is 138 Å². The molecule has 0 aliphatic carbocycles. The summed E-state index contributed by atoms with van der Waals surface area (Å²) in [4.78, 5) is 32.1. The first-order valence-electron chi connectivity index (χ1n) is 20.2. The summed E-state index contributed by atoms with van der Waals surface area (Å²) in [6.45, 7) is 52.3. The summed E-state index contributed by atoms with van der Waals surface area (Å²) in [6.07, 6.45) is 26.8. The van der Waals surface area contributed by atoms with E-state index in [-0.39, 0.29) is 162 Å². The molecule has 0 aromatic carbocycles. The molecule has 0 saturated carbocycles. The minimum absolute atomic E-state index is 0. The molecule has 6 unspecified atom stereocenters. The van der Waals surface area contributed by atoms with Crippen molar-refractivity contribution in [2.45, 2.75) is 159 Å². The van der Waals surface area contributed by atoms with E-state index in [0.29, 0.717) is 44.8 Å². The van der Waals surface area contributed by atoms with Crippen LogP contribution < -0.4 is 18.6 Å². The van der Waals surface area contributed by atoms with Gasteiger partial charge in [0.1, 0.15) is 12.1 Å². The van der Waals surface area contributed by atoms with Gasteiger partial charge in [-0.3, -0.25) is 4.79 Å². The van der Waals surface area contributed by atoms with Gasteiger partial charge in [0.05, 0.1) is 0 Å². The number of aldehydes is 1. The Balaban J connectivity index is -0.0000000426. The van der Waals surface area contributed by atoms with Crippen molar-refractivity contribution in [1.29, 1.82) is 0 Å². The maximum absolute atomic E-state index is 11.1. The van der Waals surface area contributed by atoms with Crippen LogP contribution in [0.3, 0.4) is 0 Å². The van der Waals surface area contributed by atoms with Crippen molar-refractivity contribution >= 4 is 74.0 Å². The first kappa shape index (κ1) is 101. The summed E-state index contributed by atoms with van der Waals surface area (Å²) < 4.78 is 3.90. The Morgan fingerprint density at radius 1 is 0.619 bits per heavy atom. The number of nitrogens with one attached hydrogen (secondary N) is 1. The van der Waals surface area contributed by atoms with E-state index in [4.69, 9.17) is 0 Å². The number of carbonyl (C=O) groups excluding carboxylic acids is 3. The minimum atomic E-state index is 0. The van der Waals surface area contributed by atoms with Gasteiger partial charge in [-0.25, -0.2) is 0 Å². The van der Waals surface area contributed by atoms with Gasteiger partial charge in [0.25, 0.3) is 0 Å². The molecule has 0 aliphatic heterocycles. The topological polar surface area (TPSA) is 73.0 Å². The largest absolute Gasteiger partial charge is 0.400 e. The molecule has 0 saturated heterocycles. The third-order valence-corrected chi connectivity index (χ3v) is 7.98. The van der Waals surface area contributed by atoms with Crippen molar-refractivity contribution in [3.8, 4) is 0 Å². The standard InChI is InChI=1S/C11H19NO.C9H18NP.C9H17N.C6H12NOP.C4H10.C4H8.C3H6O.CH4.I3.4Y/c1-5-7-8-9-10(3)12(6-2)11(4)13;1-4-6-7-8-9(3)10(11)5-2;1-4-6-7-8-9(3)10-5-2;1-3-7(9)6(2)4-5-8;2*1-3-4-2;1-3(2)4;;1-3-2;;;;/h7-8,10H,2-3,5-6,9H2,1,4H3;6-7,9H,2-5,8,11H2,1H3;6-7,9-10H,2-5,8H2,1H3;5-6H,1-4,9H2;3-4H2,1-2H3;3-4H,1-2H3;1-2H3;1H4;;;;;/q4*-2;;;;;-1;;;;. The minimum Gasteiger partial charge on any atom is -0.400 e. The van der Waals surface area contributed by atoms with E-state index in [1.165, 1.54) is 26.7 Å². The van der Waals surface area contributed by atoms with E-state index in [2.05, 4.69) is 192 Å². The molecule has 0 aliphatic rings. The third kappa shape index (κ3) is 113. The average molecular weight is 1560 g/mol. The molecule has 63 heavy (non-hydrogen) atoms. The molecule has 0 bridgehead atoms. The molecule has 7 nitrogen and oxygen atoms in total. The van der Waals surface area contributed by atoms with Gasteiger partial charge in [-0.1, -0.05) is 128 Å². The molecule has 4 radical (unpaired) electrons. The fraction of sp³-hybridized carbons (Fsp3) is 0.596. The molecule has 0 heterocycles. The average Bonchev–Trinajstić information content (AvgIpc) is 3.18. The van der Waals surface area contributed by atoms with Crippen LogP contribution in [0.2, 0.25) is 0 Å². The molecule has 16 heteroatoms. The molecule has 1 N–H and O–H groups in total. The smallest absolute Gasteiger partial charge is 0.214 e. The number of unbranched alkanes of at least 4 members (excludes halogenated alkanes) is 1. The molecule has 0 rings (SSSR count). The second-order valence-electron chi connectivity index (χ2n) is 12.2. The Morgan fingerprint density at radius 2 is 0.921 bits per heavy atom. The molecular weight excluding hydrogens is 1470 g/mol. The SMILES string of the molecule is C.CC(C)=O.CC=CC.CCCC.I[I-]I.[CH2-]CN(C(C)=O)C([CH2-])CC=CCC.[CH2-]CN(P)C([CH2-])CC=CCC.[CH2-]CN(P)C([CH2-])CC=O.[CH2-]CNC([CH2-])CC=CCC.[Y].[Y].[Y].[Y]. The van der Waals surface area contributed by atoms with Gasteiger partial charge in [0.15, 0.2) is 0 Å². The summed E-state index contributed by atoms with van der Waals surface area (Å²) in [6, 6.07) is 0.711. The Morgan fingerprint density at radius 3 is 1.14 bits per heavy atom. The van der Waals surface area contributed by atoms with Crippen LogP contribution in [-0.2, 0) is 145 Å². The van der Waals surface area contributed by atoms with Crippen molar-refractivity contribution in [2.24, 2.45) is 0 Å². The number of Topliss-reactive ketones (excluding diaryl/α,β-unsaturated/α-hetero) is 1. The van der Waals surface area contributed by atoms with Crippen LogP contribution in [0, 0.1) is 55.4 Å². The summed E-state index contributed by atoms with van der Waals surface area (Å²) in [7, 11) is 5.11. The normalized spacial score (nSPS) is 11.4. The van der Waals surface area contributed by atoms with E-state index in [0.717, 1.165) is 57.9 Å². The van der Waals surface area contributed by atoms with E-state index in [9.17, 15) is 14.4 Å². The number of amides is 1. The quantitative estimate of drug-likeness (QED) is 0.0431. The first-order chi connectivity index (χ1) is 27.3. The van der Waals surface area contributed by atoms with Crippen LogP contribution in [0.4, 0.5) is 0 Å². The van der Waals surface area contributed by atoms with Crippen molar-refractivity contribution in [2.75, 3.05) is 26.2 Å². The summed E-state index contributed by atoms with van der Waals surface area (Å²) in [5, 5.41) is 3.13. The maximum Gasteiger partial charge on any atom is 0.214 e. The first-order valence-corrected chi connectivity index (χ1v) is 33.8. The molecule has 0 aromatic heterocycles. The van der Waals surface area contributed by atoms with Gasteiger partial charge < -0.3 is 84.5 Å². The van der Waals surface area contributed by atoms with E-state index < -0.39 is 0 Å². The number of hydrogen-bond donors (Lipinski definition) is 1. The fourth-order valence-electron chi connectivity index (χ4n) is 3.03. The molecule has 0 aromatic rings. The van der Waals surface area contributed by atoms with Crippen LogP contribution in [0.15, 0.2) is 48.6 Å². The monoisotopic (exact) mass is 1560 g/mol. The summed E-state index contributed by atoms with van der Waals surface area (Å²) >= 11 is 5.30. The number of rotatable bonds is 20. The molecule has 372 valence electrons. The van der Waals surface area contributed by atoms with Gasteiger partial charge in [0.2, 0.25) is 5.91 Å². The molecule has 6 atom stereocenters. The molecular formula is C47H94I3N4O3P2Y4-9. The number of carbonyl (C=O) groups is 3. The van der Waals surface area contributed by atoms with Crippen molar-refractivity contribution in [3.05, 3.63) is 104 Å². The zero-order chi connectivity index (χ0) is 47.2. The Kier molecular flexibility index (Phi) is 149. The van der Waals surface area contributed by atoms with Gasteiger partial charge >= 0.3 is 50.5 Å². The molecule has 0 spiro atoms. The van der Waals surface area contributed by atoms with E-state index >= 15 is 0 Å². The predicted molar refractivity (Wildman–Crippen MR) is 291 cm³/mol. The number of hydrogen-bond acceptors (Lipinski definition) is 6. The van der Waals surface area contributed by atoms with Gasteiger partial charge in [-0.05, 0) is 72.6 Å². The summed E-state index contributed by atoms with van der Waals surface area (Å²) in [5.41, 5.74) is 0. The van der Waals surface area contributed by atoms with Crippen molar-refractivity contribution in [3.63, 3.8) is 0 Å².